The summed E-state index contributed by atoms with van der Waals surface area (Å²) in [6, 6.07) is 6.39. The van der Waals surface area contributed by atoms with E-state index in [4.69, 9.17) is 0 Å². The molecule has 1 unspecified atom stereocenters. The van der Waals surface area contributed by atoms with Gasteiger partial charge in [-0.25, -0.2) is 9.07 Å². The van der Waals surface area contributed by atoms with Crippen molar-refractivity contribution in [3.63, 3.8) is 0 Å². The Hall–Kier alpha value is -2.21. The average Bonchev–Trinajstić information content (AvgIpc) is 3.15. The van der Waals surface area contributed by atoms with E-state index in [1.165, 1.54) is 12.1 Å². The molecule has 0 aliphatic heterocycles. The molecule has 3 rings (SSSR count). The zero-order valence-corrected chi connectivity index (χ0v) is 13.4. The second kappa shape index (κ2) is 6.50. The first-order chi connectivity index (χ1) is 11.1. The van der Waals surface area contributed by atoms with E-state index in [0.29, 0.717) is 12.2 Å². The number of rotatable bonds is 5. The lowest BCUT2D eigenvalue weighted by Crippen LogP contribution is -2.37. The number of carbonyl (C=O) groups is 1. The molecule has 1 aromatic carbocycles. The highest BCUT2D eigenvalue weighted by Crippen LogP contribution is 2.27. The molecule has 2 N–H and O–H groups in total. The molecule has 5 nitrogen and oxygen atoms in total. The van der Waals surface area contributed by atoms with E-state index in [2.05, 4.69) is 15.7 Å². The molecule has 0 bridgehead atoms. The van der Waals surface area contributed by atoms with Gasteiger partial charge in [-0.05, 0) is 57.5 Å². The van der Waals surface area contributed by atoms with Gasteiger partial charge in [-0.15, -0.1) is 0 Å². The van der Waals surface area contributed by atoms with Gasteiger partial charge in [0.2, 0.25) is 0 Å². The highest BCUT2D eigenvalue weighted by atomic mass is 19.1. The molecule has 1 aliphatic rings. The van der Waals surface area contributed by atoms with Crippen molar-refractivity contribution >= 4 is 5.91 Å². The summed E-state index contributed by atoms with van der Waals surface area (Å²) in [5.74, 6) is -0.428. The fourth-order valence-electron chi connectivity index (χ4n) is 2.85. The Kier molecular flexibility index (Phi) is 4.43. The van der Waals surface area contributed by atoms with Crippen molar-refractivity contribution in [3.8, 4) is 5.69 Å². The fraction of sp³-hybridized carbons (Fsp3) is 0.412. The van der Waals surface area contributed by atoms with Crippen LogP contribution < -0.4 is 10.6 Å². The van der Waals surface area contributed by atoms with E-state index in [1.807, 2.05) is 14.0 Å². The number of hydrogen-bond donors (Lipinski definition) is 2. The van der Waals surface area contributed by atoms with Gasteiger partial charge < -0.3 is 10.6 Å². The molecular weight excluding hydrogens is 295 g/mol. The molecule has 1 heterocycles. The standard InChI is InChI=1S/C17H21FN4O/c1-11(19-2)10-20-17(23)16-14-4-3-5-15(14)22(21-16)13-8-6-12(18)7-9-13/h6-9,11,19H,3-5,10H2,1-2H3,(H,20,23). The molecule has 2 aromatic rings. The van der Waals surface area contributed by atoms with Crippen LogP contribution in [-0.2, 0) is 12.8 Å². The lowest BCUT2D eigenvalue weighted by Gasteiger charge is -2.10. The number of aromatic nitrogens is 2. The highest BCUT2D eigenvalue weighted by molar-refractivity contribution is 5.94. The largest absolute Gasteiger partial charge is 0.349 e. The van der Waals surface area contributed by atoms with E-state index >= 15 is 0 Å². The Labute approximate surface area is 134 Å². The van der Waals surface area contributed by atoms with Crippen molar-refractivity contribution < 1.29 is 9.18 Å². The van der Waals surface area contributed by atoms with Crippen molar-refractivity contribution in [1.29, 1.82) is 0 Å². The van der Waals surface area contributed by atoms with Crippen LogP contribution in [0.15, 0.2) is 24.3 Å². The summed E-state index contributed by atoms with van der Waals surface area (Å²) >= 11 is 0. The Balaban J connectivity index is 1.89. The van der Waals surface area contributed by atoms with Crippen molar-refractivity contribution in [1.82, 2.24) is 20.4 Å². The van der Waals surface area contributed by atoms with Crippen molar-refractivity contribution in [2.75, 3.05) is 13.6 Å². The molecule has 0 radical (unpaired) electrons. The minimum Gasteiger partial charge on any atom is -0.349 e. The van der Waals surface area contributed by atoms with Crippen LogP contribution in [0.3, 0.4) is 0 Å². The van der Waals surface area contributed by atoms with Gasteiger partial charge in [0, 0.05) is 23.8 Å². The van der Waals surface area contributed by atoms with E-state index in [9.17, 15) is 9.18 Å². The number of halogens is 1. The predicted molar refractivity (Wildman–Crippen MR) is 86.4 cm³/mol. The molecule has 0 saturated carbocycles. The molecule has 23 heavy (non-hydrogen) atoms. The topological polar surface area (TPSA) is 58.9 Å². The molecule has 1 aromatic heterocycles. The first-order valence-electron chi connectivity index (χ1n) is 7.92. The summed E-state index contributed by atoms with van der Waals surface area (Å²) < 4.78 is 14.9. The van der Waals surface area contributed by atoms with Crippen molar-refractivity contribution in [2.45, 2.75) is 32.2 Å². The summed E-state index contributed by atoms with van der Waals surface area (Å²) in [6.07, 6.45) is 2.77. The molecular formula is C17H21FN4O. The Morgan fingerprint density at radius 2 is 2.09 bits per heavy atom. The lowest BCUT2D eigenvalue weighted by molar-refractivity contribution is 0.0944. The molecule has 1 amide bonds. The monoisotopic (exact) mass is 316 g/mol. The Morgan fingerprint density at radius 1 is 1.35 bits per heavy atom. The third kappa shape index (κ3) is 3.12. The smallest absolute Gasteiger partial charge is 0.272 e. The van der Waals surface area contributed by atoms with E-state index in [1.54, 1.807) is 16.8 Å². The summed E-state index contributed by atoms with van der Waals surface area (Å²) in [6.45, 7) is 2.55. The average molecular weight is 316 g/mol. The van der Waals surface area contributed by atoms with Gasteiger partial charge in [0.25, 0.3) is 5.91 Å². The van der Waals surface area contributed by atoms with Crippen molar-refractivity contribution in [3.05, 3.63) is 47.0 Å². The maximum Gasteiger partial charge on any atom is 0.272 e. The number of likely N-dealkylation sites (N-methyl/N-ethyl adjacent to an activating group) is 1. The molecule has 1 aliphatic carbocycles. The molecule has 1 atom stereocenters. The maximum atomic E-state index is 13.1. The summed E-state index contributed by atoms with van der Waals surface area (Å²) in [4.78, 5) is 12.4. The number of nitrogens with zero attached hydrogens (tertiary/aromatic N) is 2. The van der Waals surface area contributed by atoms with Crippen LogP contribution >= 0.6 is 0 Å². The van der Waals surface area contributed by atoms with Crippen LogP contribution in [0.5, 0.6) is 0 Å². The van der Waals surface area contributed by atoms with Gasteiger partial charge in [0.15, 0.2) is 5.69 Å². The second-order valence-electron chi connectivity index (χ2n) is 5.92. The molecule has 0 saturated heterocycles. The van der Waals surface area contributed by atoms with Crippen molar-refractivity contribution in [2.24, 2.45) is 0 Å². The van der Waals surface area contributed by atoms with Gasteiger partial charge in [0.05, 0.1) is 5.69 Å². The van der Waals surface area contributed by atoms with E-state index in [-0.39, 0.29) is 17.8 Å². The fourth-order valence-corrected chi connectivity index (χ4v) is 2.85. The minimum atomic E-state index is -0.281. The summed E-state index contributed by atoms with van der Waals surface area (Å²) in [7, 11) is 1.86. The predicted octanol–water partition coefficient (Wildman–Crippen LogP) is 1.84. The first-order valence-corrected chi connectivity index (χ1v) is 7.92. The van der Waals surface area contributed by atoms with Crippen LogP contribution in [0.4, 0.5) is 4.39 Å². The maximum absolute atomic E-state index is 13.1. The summed E-state index contributed by atoms with van der Waals surface area (Å²) in [5.41, 5.74) is 3.35. The van der Waals surface area contributed by atoms with Crippen LogP contribution in [0.2, 0.25) is 0 Å². The van der Waals surface area contributed by atoms with E-state index in [0.717, 1.165) is 36.2 Å². The first kappa shape index (κ1) is 15.7. The normalized spacial score (nSPS) is 14.6. The van der Waals surface area contributed by atoms with Gasteiger partial charge in [-0.1, -0.05) is 0 Å². The van der Waals surface area contributed by atoms with Crippen LogP contribution in [0.1, 0.15) is 35.1 Å². The number of fused-ring (bicyclic) bond motifs is 1. The Morgan fingerprint density at radius 3 is 2.78 bits per heavy atom. The van der Waals surface area contributed by atoms with Gasteiger partial charge in [-0.2, -0.15) is 5.10 Å². The number of hydrogen-bond acceptors (Lipinski definition) is 3. The summed E-state index contributed by atoms with van der Waals surface area (Å²) in [5, 5.41) is 10.5. The number of carbonyl (C=O) groups excluding carboxylic acids is 1. The SMILES string of the molecule is CNC(C)CNC(=O)c1nn(-c2ccc(F)cc2)c2c1CCC2. The lowest BCUT2D eigenvalue weighted by atomic mass is 10.2. The second-order valence-corrected chi connectivity index (χ2v) is 5.92. The van der Waals surface area contributed by atoms with E-state index < -0.39 is 0 Å². The highest BCUT2D eigenvalue weighted by Gasteiger charge is 2.26. The molecule has 0 fully saturated rings. The molecule has 122 valence electrons. The molecule has 0 spiro atoms. The van der Waals surface area contributed by atoms with Crippen LogP contribution in [0, 0.1) is 5.82 Å². The zero-order valence-electron chi connectivity index (χ0n) is 13.4. The Bertz CT molecular complexity index is 708. The molecule has 6 heteroatoms. The van der Waals surface area contributed by atoms with Crippen LogP contribution in [-0.4, -0.2) is 35.3 Å². The number of amides is 1. The van der Waals surface area contributed by atoms with Gasteiger partial charge >= 0.3 is 0 Å². The number of nitrogens with one attached hydrogen (secondary N) is 2. The third-order valence-electron chi connectivity index (χ3n) is 4.28. The quantitative estimate of drug-likeness (QED) is 0.885. The van der Waals surface area contributed by atoms with Gasteiger partial charge in [-0.3, -0.25) is 4.79 Å². The minimum absolute atomic E-state index is 0.147. The zero-order chi connectivity index (χ0) is 16.4. The van der Waals surface area contributed by atoms with Gasteiger partial charge in [0.1, 0.15) is 5.82 Å². The number of benzene rings is 1. The van der Waals surface area contributed by atoms with Crippen LogP contribution in [0.25, 0.3) is 5.69 Å². The third-order valence-corrected chi connectivity index (χ3v) is 4.28.